The van der Waals surface area contributed by atoms with Crippen LogP contribution in [0, 0.1) is 11.2 Å². The first-order valence-electron chi connectivity index (χ1n) is 5.98. The standard InChI is InChI=1S/C13H14ClFN2OS/c14-9-6-8(2-3-10(9)15)7-17-12(18)13(11(16)19)4-1-5-13/h2-3,6H,1,4-5,7H2,(H2,16,19)(H,17,18). The third-order valence-electron chi connectivity index (χ3n) is 3.55. The van der Waals surface area contributed by atoms with E-state index in [1.807, 2.05) is 0 Å². The molecule has 0 heterocycles. The van der Waals surface area contributed by atoms with Gasteiger partial charge in [0.15, 0.2) is 0 Å². The van der Waals surface area contributed by atoms with Crippen molar-refractivity contribution in [3.05, 3.63) is 34.6 Å². The molecule has 3 N–H and O–H groups in total. The quantitative estimate of drug-likeness (QED) is 0.840. The zero-order valence-electron chi connectivity index (χ0n) is 10.2. The number of rotatable bonds is 4. The number of hydrogen-bond acceptors (Lipinski definition) is 2. The van der Waals surface area contributed by atoms with Gasteiger partial charge in [-0.05, 0) is 30.5 Å². The molecular weight excluding hydrogens is 287 g/mol. The fourth-order valence-electron chi connectivity index (χ4n) is 2.12. The van der Waals surface area contributed by atoms with Gasteiger partial charge in [-0.2, -0.15) is 0 Å². The lowest BCUT2D eigenvalue weighted by Gasteiger charge is -2.39. The van der Waals surface area contributed by atoms with Crippen LogP contribution in [-0.4, -0.2) is 10.9 Å². The monoisotopic (exact) mass is 300 g/mol. The summed E-state index contributed by atoms with van der Waals surface area (Å²) in [6.45, 7) is 0.281. The van der Waals surface area contributed by atoms with E-state index in [4.69, 9.17) is 29.6 Å². The largest absolute Gasteiger partial charge is 0.392 e. The highest BCUT2D eigenvalue weighted by Crippen LogP contribution is 2.41. The Morgan fingerprint density at radius 2 is 2.21 bits per heavy atom. The van der Waals surface area contributed by atoms with Crippen LogP contribution < -0.4 is 11.1 Å². The first-order chi connectivity index (χ1) is 8.95. The van der Waals surface area contributed by atoms with Crippen LogP contribution >= 0.6 is 23.8 Å². The third-order valence-corrected chi connectivity index (χ3v) is 4.23. The lowest BCUT2D eigenvalue weighted by atomic mass is 9.68. The molecule has 1 aliphatic rings. The van der Waals surface area contributed by atoms with Crippen LogP contribution in [0.2, 0.25) is 5.02 Å². The van der Waals surface area contributed by atoms with Crippen molar-refractivity contribution in [2.75, 3.05) is 0 Å². The Hall–Kier alpha value is -1.20. The van der Waals surface area contributed by atoms with Gasteiger partial charge in [0, 0.05) is 6.54 Å². The summed E-state index contributed by atoms with van der Waals surface area (Å²) in [7, 11) is 0. The van der Waals surface area contributed by atoms with Gasteiger partial charge in [-0.25, -0.2) is 4.39 Å². The second-order valence-electron chi connectivity index (χ2n) is 4.73. The lowest BCUT2D eigenvalue weighted by molar-refractivity contribution is -0.131. The first kappa shape index (κ1) is 14.2. The van der Waals surface area contributed by atoms with Crippen molar-refractivity contribution >= 4 is 34.7 Å². The zero-order chi connectivity index (χ0) is 14.0. The predicted octanol–water partition coefficient (Wildman–Crippen LogP) is 2.55. The van der Waals surface area contributed by atoms with Crippen LogP contribution in [0.4, 0.5) is 4.39 Å². The summed E-state index contributed by atoms with van der Waals surface area (Å²) in [5.41, 5.74) is 5.68. The molecule has 102 valence electrons. The van der Waals surface area contributed by atoms with Crippen molar-refractivity contribution < 1.29 is 9.18 Å². The number of halogens is 2. The van der Waals surface area contributed by atoms with Gasteiger partial charge >= 0.3 is 0 Å². The van der Waals surface area contributed by atoms with Gasteiger partial charge in [-0.3, -0.25) is 4.79 Å². The van der Waals surface area contributed by atoms with Crippen LogP contribution in [0.3, 0.4) is 0 Å². The van der Waals surface area contributed by atoms with Gasteiger partial charge in [-0.15, -0.1) is 0 Å². The molecule has 1 aromatic carbocycles. The summed E-state index contributed by atoms with van der Waals surface area (Å²) in [6.07, 6.45) is 2.34. The second-order valence-corrected chi connectivity index (χ2v) is 5.58. The minimum Gasteiger partial charge on any atom is -0.392 e. The Labute approximate surface area is 121 Å². The van der Waals surface area contributed by atoms with E-state index in [0.29, 0.717) is 12.8 Å². The molecule has 0 saturated heterocycles. The normalized spacial score (nSPS) is 16.5. The smallest absolute Gasteiger partial charge is 0.233 e. The molecule has 19 heavy (non-hydrogen) atoms. The van der Waals surface area contributed by atoms with Crippen LogP contribution in [0.15, 0.2) is 18.2 Å². The van der Waals surface area contributed by atoms with Gasteiger partial charge in [0.05, 0.1) is 15.4 Å². The molecule has 0 atom stereocenters. The van der Waals surface area contributed by atoms with Crippen molar-refractivity contribution in [3.63, 3.8) is 0 Å². The fraction of sp³-hybridized carbons (Fsp3) is 0.385. The Morgan fingerprint density at radius 3 is 2.68 bits per heavy atom. The van der Waals surface area contributed by atoms with E-state index >= 15 is 0 Å². The molecule has 0 bridgehead atoms. The molecule has 1 amide bonds. The Balaban J connectivity index is 2.00. The average molecular weight is 301 g/mol. The second kappa shape index (κ2) is 5.43. The van der Waals surface area contributed by atoms with Crippen molar-refractivity contribution in [2.45, 2.75) is 25.8 Å². The molecule has 2 rings (SSSR count). The number of amides is 1. The van der Waals surface area contributed by atoms with Gasteiger partial charge in [0.1, 0.15) is 5.82 Å². The predicted molar refractivity (Wildman–Crippen MR) is 76.3 cm³/mol. The molecular formula is C13H14ClFN2OS. The van der Waals surface area contributed by atoms with E-state index in [9.17, 15) is 9.18 Å². The van der Waals surface area contributed by atoms with Gasteiger partial charge < -0.3 is 11.1 Å². The molecule has 1 fully saturated rings. The molecule has 0 spiro atoms. The Bertz CT molecular complexity index is 531. The highest BCUT2D eigenvalue weighted by Gasteiger charge is 2.46. The molecule has 0 aromatic heterocycles. The number of nitrogens with one attached hydrogen (secondary N) is 1. The van der Waals surface area contributed by atoms with Crippen molar-refractivity contribution in [1.82, 2.24) is 5.32 Å². The fourth-order valence-corrected chi connectivity index (χ4v) is 2.62. The maximum atomic E-state index is 13.0. The van der Waals surface area contributed by atoms with Crippen molar-refractivity contribution in [3.8, 4) is 0 Å². The van der Waals surface area contributed by atoms with E-state index in [-0.39, 0.29) is 22.5 Å². The molecule has 3 nitrogen and oxygen atoms in total. The van der Waals surface area contributed by atoms with Gasteiger partial charge in [-0.1, -0.05) is 36.3 Å². The number of nitrogens with two attached hydrogens (primary N) is 1. The molecule has 1 aromatic rings. The summed E-state index contributed by atoms with van der Waals surface area (Å²) >= 11 is 10.7. The van der Waals surface area contributed by atoms with E-state index in [1.54, 1.807) is 6.07 Å². The van der Waals surface area contributed by atoms with Gasteiger partial charge in [0.25, 0.3) is 0 Å². The van der Waals surface area contributed by atoms with E-state index in [1.165, 1.54) is 12.1 Å². The molecule has 1 aliphatic carbocycles. The number of thiocarbonyl (C=S) groups is 1. The summed E-state index contributed by atoms with van der Waals surface area (Å²) < 4.78 is 13.0. The highest BCUT2D eigenvalue weighted by atomic mass is 35.5. The van der Waals surface area contributed by atoms with E-state index in [0.717, 1.165) is 12.0 Å². The summed E-state index contributed by atoms with van der Waals surface area (Å²) in [5.74, 6) is -0.637. The highest BCUT2D eigenvalue weighted by molar-refractivity contribution is 7.80. The Kier molecular flexibility index (Phi) is 4.06. The Morgan fingerprint density at radius 1 is 1.53 bits per heavy atom. The van der Waals surface area contributed by atoms with Crippen LogP contribution in [-0.2, 0) is 11.3 Å². The molecule has 0 radical (unpaired) electrons. The minimum atomic E-state index is -0.695. The molecule has 1 saturated carbocycles. The third kappa shape index (κ3) is 2.72. The molecule has 6 heteroatoms. The topological polar surface area (TPSA) is 55.1 Å². The van der Waals surface area contributed by atoms with E-state index in [2.05, 4.69) is 5.32 Å². The van der Waals surface area contributed by atoms with Gasteiger partial charge in [0.2, 0.25) is 5.91 Å². The van der Waals surface area contributed by atoms with Crippen LogP contribution in [0.1, 0.15) is 24.8 Å². The zero-order valence-corrected chi connectivity index (χ0v) is 11.8. The molecule has 0 unspecified atom stereocenters. The number of hydrogen-bond donors (Lipinski definition) is 2. The van der Waals surface area contributed by atoms with E-state index < -0.39 is 11.2 Å². The van der Waals surface area contributed by atoms with Crippen LogP contribution in [0.25, 0.3) is 0 Å². The number of benzene rings is 1. The summed E-state index contributed by atoms with van der Waals surface area (Å²) in [6, 6.07) is 4.34. The maximum absolute atomic E-state index is 13.0. The average Bonchev–Trinajstić information content (AvgIpc) is 2.28. The maximum Gasteiger partial charge on any atom is 0.233 e. The van der Waals surface area contributed by atoms with Crippen molar-refractivity contribution in [1.29, 1.82) is 0 Å². The summed E-state index contributed by atoms with van der Waals surface area (Å²) in [5, 5.41) is 2.82. The minimum absolute atomic E-state index is 0.0412. The number of carbonyl (C=O) groups is 1. The summed E-state index contributed by atoms with van der Waals surface area (Å²) in [4.78, 5) is 12.4. The molecule has 0 aliphatic heterocycles. The first-order valence-corrected chi connectivity index (χ1v) is 6.76. The SMILES string of the molecule is NC(=S)C1(C(=O)NCc2ccc(F)c(Cl)c2)CCC1. The van der Waals surface area contributed by atoms with Crippen LogP contribution in [0.5, 0.6) is 0 Å². The lowest BCUT2D eigenvalue weighted by Crippen LogP contribution is -2.52. The number of carbonyl (C=O) groups excluding carboxylic acids is 1. The van der Waals surface area contributed by atoms with Crippen molar-refractivity contribution in [2.24, 2.45) is 11.1 Å².